The molecule has 3 rings (SSSR count). The molecule has 1 fully saturated rings. The van der Waals surface area contributed by atoms with Gasteiger partial charge in [0.05, 0.1) is 16.9 Å². The van der Waals surface area contributed by atoms with Crippen molar-refractivity contribution >= 4 is 39.9 Å². The van der Waals surface area contributed by atoms with Crippen molar-refractivity contribution in [3.05, 3.63) is 24.3 Å². The number of halogens is 1. The number of sulfonamides is 1. The second-order valence-corrected chi connectivity index (χ2v) is 8.67. The first-order valence-corrected chi connectivity index (χ1v) is 10.6. The Morgan fingerprint density at radius 1 is 1.32 bits per heavy atom. The second kappa shape index (κ2) is 9.69. The first kappa shape index (κ1) is 22.6. The predicted octanol–water partition coefficient (Wildman–Crippen LogP) is 1.53. The van der Waals surface area contributed by atoms with Gasteiger partial charge in [-0.05, 0) is 50.6 Å². The lowest BCUT2D eigenvalue weighted by atomic mass is 9.78. The molecular weight excluding hydrogens is 404 g/mol. The molecule has 0 saturated carbocycles. The van der Waals surface area contributed by atoms with Crippen molar-refractivity contribution in [3.8, 4) is 0 Å². The Morgan fingerprint density at radius 3 is 2.71 bits per heavy atom. The molecule has 0 spiro atoms. The van der Waals surface area contributed by atoms with Gasteiger partial charge >= 0.3 is 0 Å². The molecule has 0 unspecified atom stereocenters. The van der Waals surface area contributed by atoms with Crippen molar-refractivity contribution in [2.24, 2.45) is 10.4 Å². The van der Waals surface area contributed by atoms with Crippen LogP contribution in [0, 0.1) is 5.41 Å². The molecular formula is C18H27ClN4O4S. The molecule has 10 heteroatoms. The maximum atomic E-state index is 12.9. The number of nitrogens with zero attached hydrogens (tertiary/aromatic N) is 1. The number of amides is 1. The lowest BCUT2D eigenvalue weighted by Gasteiger charge is -2.35. The average molecular weight is 431 g/mol. The van der Waals surface area contributed by atoms with Gasteiger partial charge in [0.15, 0.2) is 0 Å². The van der Waals surface area contributed by atoms with E-state index in [-0.39, 0.29) is 23.2 Å². The van der Waals surface area contributed by atoms with Crippen LogP contribution in [0.2, 0.25) is 0 Å². The minimum absolute atomic E-state index is 0. The van der Waals surface area contributed by atoms with E-state index in [2.05, 4.69) is 20.3 Å². The van der Waals surface area contributed by atoms with Crippen LogP contribution < -0.4 is 15.4 Å². The molecule has 1 amide bonds. The molecule has 28 heavy (non-hydrogen) atoms. The highest BCUT2D eigenvalue weighted by Crippen LogP contribution is 2.31. The van der Waals surface area contributed by atoms with Crippen molar-refractivity contribution in [1.29, 1.82) is 0 Å². The number of nitrogens with one attached hydrogen (secondary N) is 3. The summed E-state index contributed by atoms with van der Waals surface area (Å²) in [6, 6.07) is 6.28. The molecule has 0 aliphatic carbocycles. The van der Waals surface area contributed by atoms with E-state index >= 15 is 0 Å². The lowest BCUT2D eigenvalue weighted by Crippen LogP contribution is -2.47. The normalized spacial score (nSPS) is 18.7. The molecule has 1 saturated heterocycles. The third-order valence-electron chi connectivity index (χ3n) is 4.99. The number of aliphatic imine (C=N–C) groups is 1. The summed E-state index contributed by atoms with van der Waals surface area (Å²) in [5, 5.41) is 6.12. The smallest absolute Gasteiger partial charge is 0.262 e. The monoisotopic (exact) mass is 430 g/mol. The van der Waals surface area contributed by atoms with Gasteiger partial charge in [0.1, 0.15) is 5.84 Å². The Balaban J connectivity index is 0.00000280. The molecule has 156 valence electrons. The topological polar surface area (TPSA) is 109 Å². The summed E-state index contributed by atoms with van der Waals surface area (Å²) in [4.78, 5) is 17.2. The summed E-state index contributed by atoms with van der Waals surface area (Å²) in [7, 11) is -2.13. The van der Waals surface area contributed by atoms with Gasteiger partial charge in [-0.15, -0.1) is 12.4 Å². The summed E-state index contributed by atoms with van der Waals surface area (Å²) in [6.07, 6.45) is 2.83. The van der Waals surface area contributed by atoms with Crippen molar-refractivity contribution in [1.82, 2.24) is 10.0 Å². The van der Waals surface area contributed by atoms with Gasteiger partial charge in [-0.2, -0.15) is 0 Å². The minimum atomic E-state index is -3.72. The molecule has 8 nitrogen and oxygen atoms in total. The van der Waals surface area contributed by atoms with E-state index in [9.17, 15) is 13.2 Å². The highest BCUT2D eigenvalue weighted by atomic mass is 35.5. The maximum absolute atomic E-state index is 12.9. The number of hydrogen-bond donors (Lipinski definition) is 3. The summed E-state index contributed by atoms with van der Waals surface area (Å²) < 4.78 is 32.9. The van der Waals surface area contributed by atoms with Gasteiger partial charge in [-0.3, -0.25) is 14.5 Å². The number of anilines is 1. The quantitative estimate of drug-likeness (QED) is 0.634. The first-order chi connectivity index (χ1) is 13.0. The van der Waals surface area contributed by atoms with Gasteiger partial charge in [0.25, 0.3) is 10.0 Å². The van der Waals surface area contributed by atoms with E-state index in [0.717, 1.165) is 19.5 Å². The second-order valence-electron chi connectivity index (χ2n) is 6.98. The highest BCUT2D eigenvalue weighted by Gasteiger charge is 2.39. The van der Waals surface area contributed by atoms with Gasteiger partial charge < -0.3 is 15.4 Å². The number of hydrogen-bond acceptors (Lipinski definition) is 6. The van der Waals surface area contributed by atoms with Crippen molar-refractivity contribution in [3.63, 3.8) is 0 Å². The SMILES string of the molecule is COCC1(C(=O)Nc2cccc(S(=O)(=O)NC3=NCCC3)c2)CCNCC1.Cl. The van der Waals surface area contributed by atoms with E-state index in [1.54, 1.807) is 19.2 Å². The van der Waals surface area contributed by atoms with E-state index < -0.39 is 15.4 Å². The Kier molecular flexibility index (Phi) is 7.82. The van der Waals surface area contributed by atoms with Gasteiger partial charge in [-0.25, -0.2) is 8.42 Å². The van der Waals surface area contributed by atoms with E-state index in [4.69, 9.17) is 4.74 Å². The van der Waals surface area contributed by atoms with Crippen LogP contribution in [0.15, 0.2) is 34.2 Å². The number of amidine groups is 1. The van der Waals surface area contributed by atoms with Crippen molar-refractivity contribution in [2.45, 2.75) is 30.6 Å². The van der Waals surface area contributed by atoms with Crippen LogP contribution >= 0.6 is 12.4 Å². The molecule has 3 N–H and O–H groups in total. The molecule has 0 bridgehead atoms. The Labute approximate surface area is 172 Å². The predicted molar refractivity (Wildman–Crippen MR) is 111 cm³/mol. The molecule has 0 aromatic heterocycles. The largest absolute Gasteiger partial charge is 0.384 e. The minimum Gasteiger partial charge on any atom is -0.384 e. The van der Waals surface area contributed by atoms with Crippen LogP contribution in [0.25, 0.3) is 0 Å². The van der Waals surface area contributed by atoms with Gasteiger partial charge in [-0.1, -0.05) is 6.07 Å². The van der Waals surface area contributed by atoms with E-state index in [1.165, 1.54) is 12.1 Å². The van der Waals surface area contributed by atoms with E-state index in [0.29, 0.717) is 43.9 Å². The third kappa shape index (κ3) is 5.22. The Morgan fingerprint density at radius 2 is 2.07 bits per heavy atom. The first-order valence-electron chi connectivity index (χ1n) is 9.13. The molecule has 2 heterocycles. The molecule has 2 aliphatic heterocycles. The molecule has 1 aromatic rings. The van der Waals surface area contributed by atoms with Crippen molar-refractivity contribution in [2.75, 3.05) is 38.7 Å². The third-order valence-corrected chi connectivity index (χ3v) is 6.37. The van der Waals surface area contributed by atoms with Crippen LogP contribution in [0.4, 0.5) is 5.69 Å². The van der Waals surface area contributed by atoms with Crippen LogP contribution in [-0.4, -0.2) is 53.5 Å². The Hall–Kier alpha value is -1.68. The number of rotatable bonds is 6. The summed E-state index contributed by atoms with van der Waals surface area (Å²) in [5.41, 5.74) is -0.156. The van der Waals surface area contributed by atoms with Crippen LogP contribution in [0.5, 0.6) is 0 Å². The summed E-state index contributed by atoms with van der Waals surface area (Å²) >= 11 is 0. The number of benzene rings is 1. The zero-order valence-corrected chi connectivity index (χ0v) is 17.5. The number of carbonyl (C=O) groups excluding carboxylic acids is 1. The number of piperidine rings is 1. The van der Waals surface area contributed by atoms with Gasteiger partial charge in [0, 0.05) is 25.8 Å². The average Bonchev–Trinajstić information content (AvgIpc) is 3.15. The molecule has 2 aliphatic rings. The number of carbonyl (C=O) groups is 1. The van der Waals surface area contributed by atoms with Crippen LogP contribution in [-0.2, 0) is 19.6 Å². The summed E-state index contributed by atoms with van der Waals surface area (Å²) in [6.45, 7) is 2.47. The van der Waals surface area contributed by atoms with Crippen LogP contribution in [0.1, 0.15) is 25.7 Å². The lowest BCUT2D eigenvalue weighted by molar-refractivity contribution is -0.130. The standard InChI is InChI=1S/C18H26N4O4S.ClH/c1-26-13-18(7-10-19-11-8-18)17(23)21-14-4-2-5-15(12-14)27(24,25)22-16-6-3-9-20-16;/h2,4-5,12,19H,3,6-11,13H2,1H3,(H,20,22)(H,21,23);1H. The number of ether oxygens (including phenoxy) is 1. The fraction of sp³-hybridized carbons (Fsp3) is 0.556. The Bertz CT molecular complexity index is 817. The summed E-state index contributed by atoms with van der Waals surface area (Å²) in [5.74, 6) is 0.340. The highest BCUT2D eigenvalue weighted by molar-refractivity contribution is 7.90. The maximum Gasteiger partial charge on any atom is 0.262 e. The van der Waals surface area contributed by atoms with Crippen LogP contribution in [0.3, 0.4) is 0 Å². The zero-order chi connectivity index (χ0) is 19.3. The zero-order valence-electron chi connectivity index (χ0n) is 15.9. The molecule has 0 atom stereocenters. The molecule has 1 aromatic carbocycles. The number of methoxy groups -OCH3 is 1. The molecule has 0 radical (unpaired) electrons. The fourth-order valence-electron chi connectivity index (χ4n) is 3.46. The fourth-order valence-corrected chi connectivity index (χ4v) is 4.59. The van der Waals surface area contributed by atoms with Crippen molar-refractivity contribution < 1.29 is 17.9 Å². The van der Waals surface area contributed by atoms with Gasteiger partial charge in [0.2, 0.25) is 5.91 Å². The van der Waals surface area contributed by atoms with E-state index in [1.807, 2.05) is 0 Å².